The van der Waals surface area contributed by atoms with E-state index in [-0.39, 0.29) is 5.41 Å². The fourth-order valence-corrected chi connectivity index (χ4v) is 1.84. The zero-order chi connectivity index (χ0) is 9.73. The Balaban J connectivity index is 2.28. The van der Waals surface area contributed by atoms with Crippen LogP contribution in [0.3, 0.4) is 0 Å². The average molecular weight is 186 g/mol. The summed E-state index contributed by atoms with van der Waals surface area (Å²) in [6, 6.07) is 0. The fourth-order valence-electron chi connectivity index (χ4n) is 1.84. The van der Waals surface area contributed by atoms with Gasteiger partial charge in [0.05, 0.1) is 7.11 Å². The van der Waals surface area contributed by atoms with Gasteiger partial charge in [-0.25, -0.2) is 4.79 Å². The van der Waals surface area contributed by atoms with Crippen LogP contribution in [0.2, 0.25) is 0 Å². The van der Waals surface area contributed by atoms with E-state index in [2.05, 4.69) is 11.7 Å². The number of rotatable bonds is 2. The van der Waals surface area contributed by atoms with Crippen LogP contribution >= 0.6 is 0 Å². The summed E-state index contributed by atoms with van der Waals surface area (Å²) in [5.41, 5.74) is 0.187. The molecule has 0 radical (unpaired) electrons. The maximum absolute atomic E-state index is 10.8. The van der Waals surface area contributed by atoms with E-state index in [0.29, 0.717) is 6.61 Å². The Hall–Kier alpha value is -0.730. The number of carbonyl (C=O) groups excluding carboxylic acids is 1. The zero-order valence-corrected chi connectivity index (χ0v) is 8.47. The second-order valence-electron chi connectivity index (χ2n) is 4.11. The van der Waals surface area contributed by atoms with Crippen molar-refractivity contribution >= 4 is 6.16 Å². The van der Waals surface area contributed by atoms with Crippen molar-refractivity contribution in [1.82, 2.24) is 0 Å². The molecule has 1 rings (SSSR count). The van der Waals surface area contributed by atoms with Crippen LogP contribution in [0.1, 0.15) is 39.0 Å². The summed E-state index contributed by atoms with van der Waals surface area (Å²) in [4.78, 5) is 10.8. The summed E-state index contributed by atoms with van der Waals surface area (Å²) in [6.45, 7) is 2.68. The number of hydrogen-bond donors (Lipinski definition) is 0. The molecule has 0 unspecified atom stereocenters. The molecule has 0 aliphatic heterocycles. The molecular weight excluding hydrogens is 168 g/mol. The van der Waals surface area contributed by atoms with Crippen LogP contribution < -0.4 is 0 Å². The van der Waals surface area contributed by atoms with Crippen molar-refractivity contribution in [2.24, 2.45) is 5.41 Å². The third-order valence-corrected chi connectivity index (χ3v) is 2.77. The van der Waals surface area contributed by atoms with E-state index >= 15 is 0 Å². The molecular formula is C10H18O3. The minimum atomic E-state index is -0.563. The smallest absolute Gasteiger partial charge is 0.438 e. The molecule has 13 heavy (non-hydrogen) atoms. The SMILES string of the molecule is COC(=O)OCC1(C)CCCCC1. The van der Waals surface area contributed by atoms with Crippen molar-refractivity contribution < 1.29 is 14.3 Å². The van der Waals surface area contributed by atoms with Gasteiger partial charge in [-0.2, -0.15) is 0 Å². The highest BCUT2D eigenvalue weighted by atomic mass is 16.7. The van der Waals surface area contributed by atoms with Gasteiger partial charge in [0.25, 0.3) is 0 Å². The average Bonchev–Trinajstić information content (AvgIpc) is 2.15. The lowest BCUT2D eigenvalue weighted by Gasteiger charge is -2.32. The Morgan fingerprint density at radius 1 is 1.31 bits per heavy atom. The first-order valence-electron chi connectivity index (χ1n) is 4.87. The predicted molar refractivity (Wildman–Crippen MR) is 49.5 cm³/mol. The molecule has 0 bridgehead atoms. The number of hydrogen-bond acceptors (Lipinski definition) is 3. The molecule has 0 N–H and O–H groups in total. The van der Waals surface area contributed by atoms with Gasteiger partial charge in [-0.3, -0.25) is 0 Å². The molecule has 0 heterocycles. The van der Waals surface area contributed by atoms with Crippen molar-refractivity contribution in [3.05, 3.63) is 0 Å². The van der Waals surface area contributed by atoms with Crippen molar-refractivity contribution in [1.29, 1.82) is 0 Å². The number of carbonyl (C=O) groups is 1. The molecule has 3 nitrogen and oxygen atoms in total. The van der Waals surface area contributed by atoms with E-state index in [9.17, 15) is 4.79 Å². The van der Waals surface area contributed by atoms with Crippen LogP contribution in [0.5, 0.6) is 0 Å². The van der Waals surface area contributed by atoms with Gasteiger partial charge in [0.15, 0.2) is 0 Å². The molecule has 1 fully saturated rings. The van der Waals surface area contributed by atoms with Crippen molar-refractivity contribution in [3.63, 3.8) is 0 Å². The summed E-state index contributed by atoms with van der Waals surface area (Å²) in [7, 11) is 1.34. The number of ether oxygens (including phenoxy) is 2. The Morgan fingerprint density at radius 3 is 2.46 bits per heavy atom. The molecule has 3 heteroatoms. The van der Waals surface area contributed by atoms with Crippen LogP contribution in [0.4, 0.5) is 4.79 Å². The summed E-state index contributed by atoms with van der Waals surface area (Å²) in [5.74, 6) is 0. The van der Waals surface area contributed by atoms with Crippen LogP contribution in [-0.2, 0) is 9.47 Å². The third kappa shape index (κ3) is 3.25. The lowest BCUT2D eigenvalue weighted by Crippen LogP contribution is -2.27. The second kappa shape index (κ2) is 4.49. The quantitative estimate of drug-likeness (QED) is 0.622. The molecule has 76 valence electrons. The molecule has 0 aromatic heterocycles. The Bertz CT molecular complexity index is 171. The van der Waals surface area contributed by atoms with Gasteiger partial charge in [0, 0.05) is 5.41 Å². The van der Waals surface area contributed by atoms with Gasteiger partial charge in [-0.15, -0.1) is 0 Å². The van der Waals surface area contributed by atoms with Crippen molar-refractivity contribution in [2.75, 3.05) is 13.7 Å². The van der Waals surface area contributed by atoms with Gasteiger partial charge in [0.2, 0.25) is 0 Å². The monoisotopic (exact) mass is 186 g/mol. The number of methoxy groups -OCH3 is 1. The lowest BCUT2D eigenvalue weighted by molar-refractivity contribution is 0.0254. The maximum Gasteiger partial charge on any atom is 0.507 e. The van der Waals surface area contributed by atoms with Crippen molar-refractivity contribution in [3.8, 4) is 0 Å². The predicted octanol–water partition coefficient (Wildman–Crippen LogP) is 2.74. The fraction of sp³-hybridized carbons (Fsp3) is 0.900. The third-order valence-electron chi connectivity index (χ3n) is 2.77. The first-order valence-corrected chi connectivity index (χ1v) is 4.87. The molecule has 0 amide bonds. The van der Waals surface area contributed by atoms with E-state index in [1.165, 1.54) is 26.4 Å². The van der Waals surface area contributed by atoms with Crippen LogP contribution in [0.15, 0.2) is 0 Å². The standard InChI is InChI=1S/C10H18O3/c1-10(6-4-3-5-7-10)8-13-9(11)12-2/h3-8H2,1-2H3. The van der Waals surface area contributed by atoms with Gasteiger partial charge in [-0.05, 0) is 12.8 Å². The highest BCUT2D eigenvalue weighted by molar-refractivity contribution is 5.59. The molecule has 1 saturated carbocycles. The highest BCUT2D eigenvalue weighted by Gasteiger charge is 2.28. The Morgan fingerprint density at radius 2 is 1.92 bits per heavy atom. The summed E-state index contributed by atoms with van der Waals surface area (Å²) < 4.78 is 9.40. The molecule has 0 saturated heterocycles. The first-order chi connectivity index (χ1) is 6.16. The van der Waals surface area contributed by atoms with E-state index in [4.69, 9.17) is 4.74 Å². The molecule has 0 aromatic rings. The summed E-state index contributed by atoms with van der Waals surface area (Å²) in [6.07, 6.45) is 5.57. The Kier molecular flexibility index (Phi) is 3.58. The molecule has 0 spiro atoms. The Labute approximate surface area is 79.4 Å². The van der Waals surface area contributed by atoms with E-state index in [1.54, 1.807) is 0 Å². The lowest BCUT2D eigenvalue weighted by atomic mass is 9.76. The van der Waals surface area contributed by atoms with Gasteiger partial charge < -0.3 is 9.47 Å². The maximum atomic E-state index is 10.8. The normalized spacial score (nSPS) is 20.8. The van der Waals surface area contributed by atoms with Crippen LogP contribution in [-0.4, -0.2) is 19.9 Å². The van der Waals surface area contributed by atoms with E-state index in [1.807, 2.05) is 0 Å². The zero-order valence-electron chi connectivity index (χ0n) is 8.47. The van der Waals surface area contributed by atoms with Gasteiger partial charge >= 0.3 is 6.16 Å². The topological polar surface area (TPSA) is 35.5 Å². The van der Waals surface area contributed by atoms with Crippen LogP contribution in [0.25, 0.3) is 0 Å². The summed E-state index contributed by atoms with van der Waals surface area (Å²) >= 11 is 0. The second-order valence-corrected chi connectivity index (χ2v) is 4.11. The molecule has 1 aliphatic carbocycles. The largest absolute Gasteiger partial charge is 0.507 e. The van der Waals surface area contributed by atoms with Crippen molar-refractivity contribution in [2.45, 2.75) is 39.0 Å². The van der Waals surface area contributed by atoms with E-state index in [0.717, 1.165) is 12.8 Å². The van der Waals surface area contributed by atoms with Crippen LogP contribution in [0, 0.1) is 5.41 Å². The van der Waals surface area contributed by atoms with Gasteiger partial charge in [0.1, 0.15) is 6.61 Å². The molecule has 0 aromatic carbocycles. The molecule has 1 aliphatic rings. The summed E-state index contributed by atoms with van der Waals surface area (Å²) in [5, 5.41) is 0. The minimum Gasteiger partial charge on any atom is -0.438 e. The molecule has 0 atom stereocenters. The minimum absolute atomic E-state index is 0.187. The van der Waals surface area contributed by atoms with E-state index < -0.39 is 6.16 Å². The first kappa shape index (κ1) is 10.4. The van der Waals surface area contributed by atoms with Gasteiger partial charge in [-0.1, -0.05) is 26.2 Å². The highest BCUT2D eigenvalue weighted by Crippen LogP contribution is 2.35.